The Morgan fingerprint density at radius 1 is 1.17 bits per heavy atom. The average Bonchev–Trinajstić information content (AvgIpc) is 3.19. The van der Waals surface area contributed by atoms with Crippen molar-refractivity contribution in [2.24, 2.45) is 7.05 Å². The van der Waals surface area contributed by atoms with Gasteiger partial charge >= 0.3 is 0 Å². The summed E-state index contributed by atoms with van der Waals surface area (Å²) < 4.78 is 2.12. The molecule has 3 heterocycles. The SMILES string of the molecule is Cn1ccc(C2C(c3ccccn3)NC(=S)N2C2CCCCC2)c1. The molecule has 2 atom stereocenters. The lowest BCUT2D eigenvalue weighted by molar-refractivity contribution is 0.197. The van der Waals surface area contributed by atoms with Crippen molar-refractivity contribution in [1.29, 1.82) is 0 Å². The number of aryl methyl sites for hydroxylation is 1. The molecule has 1 aliphatic heterocycles. The summed E-state index contributed by atoms with van der Waals surface area (Å²) in [6.45, 7) is 0. The van der Waals surface area contributed by atoms with Gasteiger partial charge in [0.05, 0.1) is 17.8 Å². The number of hydrogen-bond acceptors (Lipinski definition) is 2. The summed E-state index contributed by atoms with van der Waals surface area (Å²) in [5.41, 5.74) is 2.37. The van der Waals surface area contributed by atoms with Crippen molar-refractivity contribution in [2.75, 3.05) is 0 Å². The Morgan fingerprint density at radius 2 is 2.00 bits per heavy atom. The van der Waals surface area contributed by atoms with E-state index in [4.69, 9.17) is 12.2 Å². The number of pyridine rings is 1. The first-order valence-corrected chi connectivity index (χ1v) is 9.26. The molecule has 2 aromatic rings. The third kappa shape index (κ3) is 2.81. The van der Waals surface area contributed by atoms with Crippen molar-refractivity contribution in [3.8, 4) is 0 Å². The van der Waals surface area contributed by atoms with Crippen molar-refractivity contribution >= 4 is 17.3 Å². The van der Waals surface area contributed by atoms with E-state index in [9.17, 15) is 0 Å². The van der Waals surface area contributed by atoms with Gasteiger partial charge in [0.15, 0.2) is 5.11 Å². The molecule has 1 saturated heterocycles. The first-order chi connectivity index (χ1) is 11.7. The normalized spacial score (nSPS) is 25.0. The van der Waals surface area contributed by atoms with Crippen LogP contribution in [0.2, 0.25) is 0 Å². The fourth-order valence-corrected chi connectivity index (χ4v) is 4.56. The zero-order valence-corrected chi connectivity index (χ0v) is 14.9. The van der Waals surface area contributed by atoms with Crippen LogP contribution in [-0.4, -0.2) is 25.6 Å². The van der Waals surface area contributed by atoms with E-state index in [0.29, 0.717) is 6.04 Å². The lowest BCUT2D eigenvalue weighted by atomic mass is 9.91. The molecule has 2 aliphatic rings. The maximum atomic E-state index is 5.76. The monoisotopic (exact) mass is 340 g/mol. The van der Waals surface area contributed by atoms with E-state index in [0.717, 1.165) is 10.8 Å². The molecule has 2 fully saturated rings. The predicted octanol–water partition coefficient (Wildman–Crippen LogP) is 3.73. The van der Waals surface area contributed by atoms with E-state index >= 15 is 0 Å². The molecular weight excluding hydrogens is 316 g/mol. The number of rotatable bonds is 3. The standard InChI is InChI=1S/C19H24N4S/c1-22-12-10-14(13-22)18-17(16-9-5-6-11-20-16)21-19(24)23(18)15-7-3-2-4-8-15/h5-6,9-13,15,17-18H,2-4,7-8H2,1H3,(H,21,24). The minimum absolute atomic E-state index is 0.114. The molecule has 0 aromatic carbocycles. The van der Waals surface area contributed by atoms with Gasteiger partial charge in [-0.05, 0) is 48.8 Å². The van der Waals surface area contributed by atoms with E-state index in [1.807, 2.05) is 12.3 Å². The van der Waals surface area contributed by atoms with Crippen LogP contribution in [0.3, 0.4) is 0 Å². The minimum atomic E-state index is 0.114. The molecule has 1 aliphatic carbocycles. The van der Waals surface area contributed by atoms with E-state index in [1.165, 1.54) is 37.7 Å². The summed E-state index contributed by atoms with van der Waals surface area (Å²) in [4.78, 5) is 7.06. The molecule has 4 rings (SSSR count). The third-order valence-corrected chi connectivity index (χ3v) is 5.63. The molecular formula is C19H24N4S. The summed E-state index contributed by atoms with van der Waals surface area (Å²) in [7, 11) is 2.07. The second-order valence-electron chi connectivity index (χ2n) is 6.94. The molecule has 4 nitrogen and oxygen atoms in total. The minimum Gasteiger partial charge on any atom is -0.357 e. The van der Waals surface area contributed by atoms with Crippen LogP contribution >= 0.6 is 12.2 Å². The van der Waals surface area contributed by atoms with Crippen LogP contribution in [0.1, 0.15) is 55.4 Å². The fraction of sp³-hybridized carbons (Fsp3) is 0.474. The van der Waals surface area contributed by atoms with E-state index < -0.39 is 0 Å². The van der Waals surface area contributed by atoms with E-state index in [2.05, 4.69) is 57.4 Å². The highest BCUT2D eigenvalue weighted by molar-refractivity contribution is 7.80. The number of nitrogens with zero attached hydrogens (tertiary/aromatic N) is 3. The topological polar surface area (TPSA) is 33.1 Å². The maximum absolute atomic E-state index is 5.76. The molecule has 2 aromatic heterocycles. The molecule has 24 heavy (non-hydrogen) atoms. The number of nitrogens with one attached hydrogen (secondary N) is 1. The van der Waals surface area contributed by atoms with Crippen LogP contribution in [0.25, 0.3) is 0 Å². The highest BCUT2D eigenvalue weighted by Crippen LogP contribution is 2.42. The zero-order chi connectivity index (χ0) is 16.5. The Labute approximate surface area is 148 Å². The van der Waals surface area contributed by atoms with Crippen molar-refractivity contribution in [3.63, 3.8) is 0 Å². The van der Waals surface area contributed by atoms with Gasteiger partial charge in [-0.15, -0.1) is 0 Å². The van der Waals surface area contributed by atoms with Crippen molar-refractivity contribution in [1.82, 2.24) is 19.8 Å². The quantitative estimate of drug-likeness (QED) is 0.863. The smallest absolute Gasteiger partial charge is 0.170 e. The van der Waals surface area contributed by atoms with Gasteiger partial charge in [0, 0.05) is 31.7 Å². The second-order valence-corrected chi connectivity index (χ2v) is 7.32. The Hall–Kier alpha value is -1.88. The Balaban J connectivity index is 1.73. The van der Waals surface area contributed by atoms with E-state index in [1.54, 1.807) is 0 Å². The van der Waals surface area contributed by atoms with Gasteiger partial charge in [-0.25, -0.2) is 0 Å². The largest absolute Gasteiger partial charge is 0.357 e. The highest BCUT2D eigenvalue weighted by atomic mass is 32.1. The van der Waals surface area contributed by atoms with Gasteiger partial charge in [0.25, 0.3) is 0 Å². The molecule has 126 valence electrons. The summed E-state index contributed by atoms with van der Waals surface area (Å²) >= 11 is 5.76. The van der Waals surface area contributed by atoms with Crippen LogP contribution in [-0.2, 0) is 7.05 Å². The van der Waals surface area contributed by atoms with Gasteiger partial charge in [0.2, 0.25) is 0 Å². The second kappa shape index (κ2) is 6.55. The number of hydrogen-bond donors (Lipinski definition) is 1. The Bertz CT molecular complexity index is 705. The molecule has 2 unspecified atom stereocenters. The summed E-state index contributed by atoms with van der Waals surface area (Å²) in [5.74, 6) is 0. The van der Waals surface area contributed by atoms with Crippen LogP contribution in [0.4, 0.5) is 0 Å². The molecule has 0 amide bonds. The van der Waals surface area contributed by atoms with Crippen LogP contribution in [0.15, 0.2) is 42.9 Å². The molecule has 1 saturated carbocycles. The van der Waals surface area contributed by atoms with Crippen LogP contribution < -0.4 is 5.32 Å². The Morgan fingerprint density at radius 3 is 2.67 bits per heavy atom. The maximum Gasteiger partial charge on any atom is 0.170 e. The van der Waals surface area contributed by atoms with Crippen LogP contribution in [0, 0.1) is 0 Å². The molecule has 0 bridgehead atoms. The molecule has 1 N–H and O–H groups in total. The first kappa shape index (κ1) is 15.6. The van der Waals surface area contributed by atoms with Gasteiger partial charge in [-0.1, -0.05) is 25.3 Å². The molecule has 5 heteroatoms. The average molecular weight is 340 g/mol. The predicted molar refractivity (Wildman–Crippen MR) is 99.6 cm³/mol. The van der Waals surface area contributed by atoms with E-state index in [-0.39, 0.29) is 12.1 Å². The van der Waals surface area contributed by atoms with Gasteiger partial charge in [-0.3, -0.25) is 4.98 Å². The summed E-state index contributed by atoms with van der Waals surface area (Å²) in [5, 5.41) is 4.44. The number of aromatic nitrogens is 2. The number of thiocarbonyl (C=S) groups is 1. The highest BCUT2D eigenvalue weighted by Gasteiger charge is 2.43. The van der Waals surface area contributed by atoms with Crippen molar-refractivity contribution in [2.45, 2.75) is 50.2 Å². The fourth-order valence-electron chi connectivity index (χ4n) is 4.17. The lowest BCUT2D eigenvalue weighted by Crippen LogP contribution is -2.40. The van der Waals surface area contributed by atoms with Crippen molar-refractivity contribution in [3.05, 3.63) is 54.1 Å². The molecule has 0 radical (unpaired) electrons. The Kier molecular flexibility index (Phi) is 4.27. The third-order valence-electron chi connectivity index (χ3n) is 5.30. The van der Waals surface area contributed by atoms with Gasteiger partial charge in [-0.2, -0.15) is 0 Å². The van der Waals surface area contributed by atoms with Crippen molar-refractivity contribution < 1.29 is 0 Å². The lowest BCUT2D eigenvalue weighted by Gasteiger charge is -2.36. The zero-order valence-electron chi connectivity index (χ0n) is 14.1. The molecule has 0 spiro atoms. The van der Waals surface area contributed by atoms with Gasteiger partial charge in [0.1, 0.15) is 0 Å². The van der Waals surface area contributed by atoms with Crippen LogP contribution in [0.5, 0.6) is 0 Å². The first-order valence-electron chi connectivity index (χ1n) is 8.85. The van der Waals surface area contributed by atoms with Gasteiger partial charge < -0.3 is 14.8 Å². The summed E-state index contributed by atoms with van der Waals surface area (Å²) in [6.07, 6.45) is 12.6. The summed E-state index contributed by atoms with van der Waals surface area (Å²) in [6, 6.07) is 9.20.